The van der Waals surface area contributed by atoms with Gasteiger partial charge in [-0.05, 0) is 36.1 Å². The van der Waals surface area contributed by atoms with Crippen LogP contribution in [0.3, 0.4) is 0 Å². The molecule has 0 saturated carbocycles. The molecule has 1 aromatic carbocycles. The van der Waals surface area contributed by atoms with Crippen LogP contribution in [0, 0.1) is 0 Å². The van der Waals surface area contributed by atoms with Crippen LogP contribution in [0.15, 0.2) is 18.2 Å². The molecule has 1 fully saturated rings. The first-order chi connectivity index (χ1) is 15.5. The van der Waals surface area contributed by atoms with Crippen LogP contribution in [0.25, 0.3) is 0 Å². The van der Waals surface area contributed by atoms with Gasteiger partial charge in [0.15, 0.2) is 12.9 Å². The average Bonchev–Trinajstić information content (AvgIpc) is 2.74. The fourth-order valence-electron chi connectivity index (χ4n) is 3.14. The lowest BCUT2D eigenvalue weighted by Gasteiger charge is -2.35. The Kier molecular flexibility index (Phi) is 10.1. The van der Waals surface area contributed by atoms with Gasteiger partial charge in [0, 0.05) is 18.5 Å². The molecule has 186 valence electrons. The normalized spacial score (nSPS) is 23.2. The maximum absolute atomic E-state index is 12.0. The summed E-state index contributed by atoms with van der Waals surface area (Å²) in [7, 11) is 0. The van der Waals surface area contributed by atoms with Gasteiger partial charge in [-0.3, -0.25) is 9.59 Å². The first kappa shape index (κ1) is 27.0. The van der Waals surface area contributed by atoms with Crippen molar-refractivity contribution in [2.75, 3.05) is 33.0 Å². The van der Waals surface area contributed by atoms with Crippen molar-refractivity contribution in [1.82, 2.24) is 5.32 Å². The van der Waals surface area contributed by atoms with Crippen molar-refractivity contribution < 1.29 is 38.7 Å². The summed E-state index contributed by atoms with van der Waals surface area (Å²) in [4.78, 5) is 23.6. The molecule has 1 saturated heterocycles. The van der Waals surface area contributed by atoms with Crippen molar-refractivity contribution >= 4 is 11.8 Å². The van der Waals surface area contributed by atoms with Gasteiger partial charge < -0.3 is 40.2 Å². The van der Waals surface area contributed by atoms with E-state index in [0.717, 1.165) is 5.56 Å². The van der Waals surface area contributed by atoms with Gasteiger partial charge in [0.05, 0.1) is 32.0 Å². The Bertz CT molecular complexity index is 795. The van der Waals surface area contributed by atoms with Crippen LogP contribution < -0.4 is 15.8 Å². The minimum atomic E-state index is -0.890. The summed E-state index contributed by atoms with van der Waals surface area (Å²) in [5.74, 6) is -0.496. The lowest BCUT2D eigenvalue weighted by Crippen LogP contribution is -2.47. The van der Waals surface area contributed by atoms with Crippen LogP contribution in [0.5, 0.6) is 5.75 Å². The summed E-state index contributed by atoms with van der Waals surface area (Å²) in [6, 6.07) is 5.03. The molecule has 0 radical (unpaired) electrons. The van der Waals surface area contributed by atoms with Crippen molar-refractivity contribution in [2.24, 2.45) is 5.73 Å². The number of primary amides is 1. The highest BCUT2D eigenvalue weighted by molar-refractivity contribution is 5.93. The number of rotatable bonds is 11. The number of ether oxygens (including phenoxy) is 4. The van der Waals surface area contributed by atoms with Crippen molar-refractivity contribution in [3.63, 3.8) is 0 Å². The Hall–Kier alpha value is -2.24. The van der Waals surface area contributed by atoms with Crippen molar-refractivity contribution in [3.05, 3.63) is 29.3 Å². The van der Waals surface area contributed by atoms with Crippen molar-refractivity contribution in [2.45, 2.75) is 64.1 Å². The number of nitrogens with one attached hydrogen (secondary N) is 1. The van der Waals surface area contributed by atoms with E-state index in [9.17, 15) is 19.8 Å². The van der Waals surface area contributed by atoms with Crippen LogP contribution in [0.1, 0.15) is 50.0 Å². The number of nitrogens with two attached hydrogens (primary N) is 1. The number of carbonyl (C=O) groups excluding carboxylic acids is 2. The molecule has 0 spiro atoms. The quantitative estimate of drug-likeness (QED) is 0.342. The Balaban J connectivity index is 1.64. The van der Waals surface area contributed by atoms with E-state index in [4.69, 9.17) is 24.7 Å². The molecule has 2 amide bonds. The summed E-state index contributed by atoms with van der Waals surface area (Å²) in [5, 5.41) is 22.2. The summed E-state index contributed by atoms with van der Waals surface area (Å²) >= 11 is 0. The predicted molar refractivity (Wildman–Crippen MR) is 120 cm³/mol. The maximum Gasteiger partial charge on any atom is 0.258 e. The van der Waals surface area contributed by atoms with Gasteiger partial charge in [-0.2, -0.15) is 0 Å². The molecule has 2 unspecified atom stereocenters. The Morgan fingerprint density at radius 1 is 1.15 bits per heavy atom. The van der Waals surface area contributed by atoms with Crippen LogP contribution in [0.4, 0.5) is 0 Å². The second-order valence-corrected chi connectivity index (χ2v) is 9.06. The average molecular weight is 469 g/mol. The number of aliphatic hydroxyl groups is 2. The third-order valence-corrected chi connectivity index (χ3v) is 5.19. The third kappa shape index (κ3) is 8.90. The molecule has 0 aromatic heterocycles. The molecule has 1 aliphatic heterocycles. The zero-order chi connectivity index (χ0) is 24.6. The fraction of sp³-hybridized carbons (Fsp3) is 0.652. The number of carbonyl (C=O) groups is 2. The Morgan fingerprint density at radius 3 is 2.55 bits per heavy atom. The first-order valence-electron chi connectivity index (χ1n) is 11.0. The first-order valence-corrected chi connectivity index (χ1v) is 11.0. The molecular formula is C23H36N2O8. The van der Waals surface area contributed by atoms with Crippen LogP contribution in [0.2, 0.25) is 0 Å². The van der Waals surface area contributed by atoms with Gasteiger partial charge in [0.1, 0.15) is 11.9 Å². The number of aliphatic hydroxyl groups excluding tert-OH is 2. The van der Waals surface area contributed by atoms with Crippen LogP contribution in [-0.2, 0) is 24.4 Å². The van der Waals surface area contributed by atoms with Gasteiger partial charge >= 0.3 is 0 Å². The second kappa shape index (κ2) is 12.3. The summed E-state index contributed by atoms with van der Waals surface area (Å²) in [5.41, 5.74) is 6.39. The molecule has 33 heavy (non-hydrogen) atoms. The smallest absolute Gasteiger partial charge is 0.258 e. The van der Waals surface area contributed by atoms with Gasteiger partial charge in [0.2, 0.25) is 5.91 Å². The summed E-state index contributed by atoms with van der Waals surface area (Å²) < 4.78 is 21.8. The molecule has 4 atom stereocenters. The SMILES string of the molecule is C[C@@H]1OC(OCCOCCNC(=O)COc2cc(C(N)=O)cc(C(C)(C)C)c2)[C@H](O)CC1O. The number of amides is 2. The van der Waals surface area contributed by atoms with E-state index < -0.39 is 30.5 Å². The molecule has 1 aromatic rings. The molecule has 10 nitrogen and oxygen atoms in total. The van der Waals surface area contributed by atoms with Gasteiger partial charge in [-0.1, -0.05) is 20.8 Å². The summed E-state index contributed by atoms with van der Waals surface area (Å²) in [6.07, 6.45) is -2.61. The number of benzene rings is 1. The van der Waals surface area contributed by atoms with Gasteiger partial charge in [0.25, 0.3) is 5.91 Å². The molecule has 5 N–H and O–H groups in total. The van der Waals surface area contributed by atoms with E-state index in [0.29, 0.717) is 11.3 Å². The second-order valence-electron chi connectivity index (χ2n) is 9.06. The minimum Gasteiger partial charge on any atom is -0.484 e. The molecule has 10 heteroatoms. The van der Waals surface area contributed by atoms with E-state index in [1.54, 1.807) is 19.1 Å². The molecule has 0 aliphatic carbocycles. The maximum atomic E-state index is 12.0. The Morgan fingerprint density at radius 2 is 1.88 bits per heavy atom. The number of hydrogen-bond donors (Lipinski definition) is 4. The lowest BCUT2D eigenvalue weighted by atomic mass is 9.86. The fourth-order valence-corrected chi connectivity index (χ4v) is 3.14. The van der Waals surface area contributed by atoms with E-state index in [2.05, 4.69) is 5.32 Å². The molecule has 1 aliphatic rings. The topological polar surface area (TPSA) is 150 Å². The van der Waals surface area contributed by atoms with Gasteiger partial charge in [-0.15, -0.1) is 0 Å². The third-order valence-electron chi connectivity index (χ3n) is 5.19. The largest absolute Gasteiger partial charge is 0.484 e. The molecule has 2 rings (SSSR count). The van der Waals surface area contributed by atoms with E-state index in [1.807, 2.05) is 20.8 Å². The van der Waals surface area contributed by atoms with E-state index in [1.165, 1.54) is 6.07 Å². The highest BCUT2D eigenvalue weighted by Gasteiger charge is 2.34. The minimum absolute atomic E-state index is 0.200. The zero-order valence-electron chi connectivity index (χ0n) is 19.7. The standard InChI is InChI=1S/C23H36N2O8/c1-14-18(26)12-19(27)22(33-14)31-8-7-30-6-5-25-20(28)13-32-17-10-15(21(24)29)9-16(11-17)23(2,3)4/h9-11,14,18-19,22,26-27H,5-8,12-13H2,1-4H3,(H2,24,29)(H,25,28)/t14-,18?,19+,22?/m0/s1. The highest BCUT2D eigenvalue weighted by atomic mass is 16.7. The monoisotopic (exact) mass is 468 g/mol. The zero-order valence-corrected chi connectivity index (χ0v) is 19.7. The summed E-state index contributed by atoms with van der Waals surface area (Å²) in [6.45, 7) is 8.52. The predicted octanol–water partition coefficient (Wildman–Crippen LogP) is 0.468. The number of hydrogen-bond acceptors (Lipinski definition) is 8. The van der Waals surface area contributed by atoms with Gasteiger partial charge in [-0.25, -0.2) is 0 Å². The molecule has 0 bridgehead atoms. The lowest BCUT2D eigenvalue weighted by molar-refractivity contribution is -0.263. The van der Waals surface area contributed by atoms with E-state index >= 15 is 0 Å². The van der Waals surface area contributed by atoms with Crippen molar-refractivity contribution in [3.8, 4) is 5.75 Å². The van der Waals surface area contributed by atoms with Crippen LogP contribution in [-0.4, -0.2) is 79.6 Å². The van der Waals surface area contributed by atoms with E-state index in [-0.39, 0.29) is 50.7 Å². The van der Waals surface area contributed by atoms with Crippen molar-refractivity contribution in [1.29, 1.82) is 0 Å². The molecular weight excluding hydrogens is 432 g/mol. The highest BCUT2D eigenvalue weighted by Crippen LogP contribution is 2.27. The Labute approximate surface area is 194 Å². The molecule has 1 heterocycles. The van der Waals surface area contributed by atoms with Crippen LogP contribution >= 0.6 is 0 Å².